The molecule has 3 N–H and O–H groups in total. The van der Waals surface area contributed by atoms with Crippen molar-refractivity contribution in [3.8, 4) is 0 Å². The first-order valence-electron chi connectivity index (χ1n) is 6.99. The van der Waals surface area contributed by atoms with Crippen LogP contribution < -0.4 is 10.6 Å². The summed E-state index contributed by atoms with van der Waals surface area (Å²) in [6.45, 7) is 4.18. The Morgan fingerprint density at radius 1 is 1.38 bits per heavy atom. The van der Waals surface area contributed by atoms with Crippen LogP contribution in [-0.2, 0) is 4.79 Å². The number of hydrogen-bond donors (Lipinski definition) is 3. The predicted octanol–water partition coefficient (Wildman–Crippen LogP) is 2.44. The molecule has 1 rings (SSSR count). The maximum absolute atomic E-state index is 12.1. The van der Waals surface area contributed by atoms with Crippen LogP contribution in [0.1, 0.15) is 37.0 Å². The quantitative estimate of drug-likeness (QED) is 0.723. The van der Waals surface area contributed by atoms with Gasteiger partial charge in [0.25, 0.3) is 5.91 Å². The number of benzene rings is 1. The largest absolute Gasteiger partial charge is 0.396 e. The van der Waals surface area contributed by atoms with Crippen LogP contribution in [0.3, 0.4) is 0 Å². The number of amides is 2. The summed E-state index contributed by atoms with van der Waals surface area (Å²) in [4.78, 5) is 24.1. The molecule has 6 heteroatoms. The third kappa shape index (κ3) is 5.36. The number of carbonyl (C=O) groups excluding carboxylic acids is 2. The van der Waals surface area contributed by atoms with Crippen molar-refractivity contribution in [3.05, 3.63) is 28.8 Å². The summed E-state index contributed by atoms with van der Waals surface area (Å²) in [5.41, 5.74) is 0.753. The Morgan fingerprint density at radius 3 is 2.71 bits per heavy atom. The number of halogens is 1. The topological polar surface area (TPSA) is 78.4 Å². The highest BCUT2D eigenvalue weighted by Gasteiger charge is 2.17. The molecule has 0 saturated heterocycles. The number of carbonyl (C=O) groups is 2. The van der Waals surface area contributed by atoms with E-state index in [1.54, 1.807) is 25.1 Å². The van der Waals surface area contributed by atoms with Crippen LogP contribution in [0, 0.1) is 5.92 Å². The number of aliphatic hydroxyl groups excluding tert-OH is 1. The predicted molar refractivity (Wildman–Crippen MR) is 83.6 cm³/mol. The molecule has 1 aromatic rings. The molecule has 0 aliphatic rings. The summed E-state index contributed by atoms with van der Waals surface area (Å²) in [5, 5.41) is 14.8. The first kappa shape index (κ1) is 17.5. The van der Waals surface area contributed by atoms with Crippen molar-refractivity contribution in [2.24, 2.45) is 5.92 Å². The normalized spacial score (nSPS) is 11.8. The Hall–Kier alpha value is -1.59. The van der Waals surface area contributed by atoms with Gasteiger partial charge in [-0.2, -0.15) is 0 Å². The Bertz CT molecular complexity index is 506. The molecule has 0 fully saturated rings. The maximum atomic E-state index is 12.1. The van der Waals surface area contributed by atoms with E-state index in [4.69, 9.17) is 16.7 Å². The van der Waals surface area contributed by atoms with E-state index in [0.717, 1.165) is 6.42 Å². The van der Waals surface area contributed by atoms with Crippen LogP contribution in [0.25, 0.3) is 0 Å². The Balaban J connectivity index is 2.91. The fourth-order valence-corrected chi connectivity index (χ4v) is 1.90. The molecular formula is C15H21ClN2O3. The van der Waals surface area contributed by atoms with Crippen molar-refractivity contribution in [1.29, 1.82) is 0 Å². The standard InChI is InChI=1S/C15H21ClN2O3/c1-3-7-17-15(21)12-5-4-11(16)9-13(12)18-14(20)10(2)6-8-19/h4-5,9-10,19H,3,6-8H2,1-2H3,(H,17,21)(H,18,20). The van der Waals surface area contributed by atoms with Crippen molar-refractivity contribution in [2.45, 2.75) is 26.7 Å². The molecule has 0 heterocycles. The van der Waals surface area contributed by atoms with E-state index in [9.17, 15) is 9.59 Å². The van der Waals surface area contributed by atoms with Gasteiger partial charge in [0.1, 0.15) is 0 Å². The molecule has 5 nitrogen and oxygen atoms in total. The minimum atomic E-state index is -0.347. The second kappa shape index (κ2) is 8.64. The number of hydrogen-bond acceptors (Lipinski definition) is 3. The number of rotatable bonds is 7. The summed E-state index contributed by atoms with van der Waals surface area (Å²) >= 11 is 5.93. The lowest BCUT2D eigenvalue weighted by Gasteiger charge is -2.14. The smallest absolute Gasteiger partial charge is 0.253 e. The van der Waals surface area contributed by atoms with Gasteiger partial charge in [0.05, 0.1) is 11.3 Å². The summed E-state index contributed by atoms with van der Waals surface area (Å²) in [6.07, 6.45) is 1.19. The van der Waals surface area contributed by atoms with Gasteiger partial charge in [-0.1, -0.05) is 25.4 Å². The lowest BCUT2D eigenvalue weighted by Crippen LogP contribution is -2.27. The van der Waals surface area contributed by atoms with Crippen molar-refractivity contribution in [3.63, 3.8) is 0 Å². The van der Waals surface area contributed by atoms with E-state index in [1.165, 1.54) is 0 Å². The lowest BCUT2D eigenvalue weighted by atomic mass is 10.1. The molecule has 2 amide bonds. The van der Waals surface area contributed by atoms with Gasteiger partial charge in [0.2, 0.25) is 5.91 Å². The highest BCUT2D eigenvalue weighted by Crippen LogP contribution is 2.22. The van der Waals surface area contributed by atoms with Crippen molar-refractivity contribution < 1.29 is 14.7 Å². The fraction of sp³-hybridized carbons (Fsp3) is 0.467. The summed E-state index contributed by atoms with van der Waals surface area (Å²) in [5.74, 6) is -0.852. The molecule has 0 saturated carbocycles. The minimum Gasteiger partial charge on any atom is -0.396 e. The highest BCUT2D eigenvalue weighted by atomic mass is 35.5. The molecule has 0 bridgehead atoms. The molecule has 21 heavy (non-hydrogen) atoms. The van der Waals surface area contributed by atoms with Crippen LogP contribution in [0.2, 0.25) is 5.02 Å². The van der Waals surface area contributed by atoms with E-state index in [2.05, 4.69) is 10.6 Å². The molecule has 1 atom stereocenters. The monoisotopic (exact) mass is 312 g/mol. The van der Waals surface area contributed by atoms with Gasteiger partial charge in [-0.3, -0.25) is 9.59 Å². The van der Waals surface area contributed by atoms with Gasteiger partial charge in [-0.25, -0.2) is 0 Å². The van der Waals surface area contributed by atoms with Crippen LogP contribution in [0.5, 0.6) is 0 Å². The number of aliphatic hydroxyl groups is 1. The minimum absolute atomic E-state index is 0.0615. The van der Waals surface area contributed by atoms with Crippen LogP contribution in [-0.4, -0.2) is 30.1 Å². The average Bonchev–Trinajstić information content (AvgIpc) is 2.45. The first-order valence-corrected chi connectivity index (χ1v) is 7.36. The third-order valence-electron chi connectivity index (χ3n) is 3.03. The zero-order valence-electron chi connectivity index (χ0n) is 12.3. The SMILES string of the molecule is CCCNC(=O)c1ccc(Cl)cc1NC(=O)C(C)CCO. The summed E-state index contributed by atoms with van der Waals surface area (Å²) < 4.78 is 0. The van der Waals surface area contributed by atoms with Crippen molar-refractivity contribution in [1.82, 2.24) is 5.32 Å². The molecule has 0 spiro atoms. The van der Waals surface area contributed by atoms with Crippen LogP contribution >= 0.6 is 11.6 Å². The van der Waals surface area contributed by atoms with Gasteiger partial charge in [0.15, 0.2) is 0 Å². The fourth-order valence-electron chi connectivity index (χ4n) is 1.73. The Morgan fingerprint density at radius 2 is 2.10 bits per heavy atom. The van der Waals surface area contributed by atoms with E-state index in [1.807, 2.05) is 6.92 Å². The zero-order chi connectivity index (χ0) is 15.8. The molecule has 116 valence electrons. The molecule has 0 aliphatic carbocycles. The molecule has 0 radical (unpaired) electrons. The molecule has 0 aliphatic heterocycles. The van der Waals surface area contributed by atoms with Crippen molar-refractivity contribution >= 4 is 29.1 Å². The van der Waals surface area contributed by atoms with E-state index < -0.39 is 0 Å². The van der Waals surface area contributed by atoms with Gasteiger partial charge < -0.3 is 15.7 Å². The zero-order valence-corrected chi connectivity index (χ0v) is 13.0. The maximum Gasteiger partial charge on any atom is 0.253 e. The van der Waals surface area contributed by atoms with Gasteiger partial charge >= 0.3 is 0 Å². The third-order valence-corrected chi connectivity index (χ3v) is 3.26. The number of anilines is 1. The molecule has 1 aromatic carbocycles. The second-order valence-corrected chi connectivity index (χ2v) is 5.28. The molecular weight excluding hydrogens is 292 g/mol. The average molecular weight is 313 g/mol. The summed E-state index contributed by atoms with van der Waals surface area (Å²) in [7, 11) is 0. The van der Waals surface area contributed by atoms with Crippen LogP contribution in [0.4, 0.5) is 5.69 Å². The van der Waals surface area contributed by atoms with E-state index >= 15 is 0 Å². The Labute approximate surface area is 129 Å². The van der Waals surface area contributed by atoms with Gasteiger partial charge in [0, 0.05) is 24.1 Å². The van der Waals surface area contributed by atoms with E-state index in [0.29, 0.717) is 29.2 Å². The molecule has 0 aromatic heterocycles. The summed E-state index contributed by atoms with van der Waals surface area (Å²) in [6, 6.07) is 4.74. The number of nitrogens with one attached hydrogen (secondary N) is 2. The van der Waals surface area contributed by atoms with Crippen LogP contribution in [0.15, 0.2) is 18.2 Å². The lowest BCUT2D eigenvalue weighted by molar-refractivity contribution is -0.119. The highest BCUT2D eigenvalue weighted by molar-refractivity contribution is 6.31. The van der Waals surface area contributed by atoms with Gasteiger partial charge in [-0.05, 0) is 31.0 Å². The first-order chi connectivity index (χ1) is 9.99. The molecule has 1 unspecified atom stereocenters. The van der Waals surface area contributed by atoms with Gasteiger partial charge in [-0.15, -0.1) is 0 Å². The Kier molecular flexibility index (Phi) is 7.19. The van der Waals surface area contributed by atoms with Crippen molar-refractivity contribution in [2.75, 3.05) is 18.5 Å². The second-order valence-electron chi connectivity index (χ2n) is 4.85. The van der Waals surface area contributed by atoms with E-state index in [-0.39, 0.29) is 24.3 Å².